The van der Waals surface area contributed by atoms with E-state index in [-0.39, 0.29) is 12.2 Å². The van der Waals surface area contributed by atoms with Crippen LogP contribution in [0.15, 0.2) is 36.7 Å². The summed E-state index contributed by atoms with van der Waals surface area (Å²) in [6.45, 7) is -0.636. The van der Waals surface area contributed by atoms with Gasteiger partial charge in [0.15, 0.2) is 5.69 Å². The normalized spacial score (nSPS) is 18.5. The van der Waals surface area contributed by atoms with Crippen LogP contribution in [0.2, 0.25) is 0 Å². The largest absolute Gasteiger partial charge is 0.361 e. The Morgan fingerprint density at radius 1 is 1.36 bits per heavy atom. The molecule has 2 amide bonds. The molecule has 3 aromatic rings. The number of benzene rings is 1. The third-order valence-corrected chi connectivity index (χ3v) is 4.86. The van der Waals surface area contributed by atoms with Gasteiger partial charge in [-0.1, -0.05) is 11.3 Å². The van der Waals surface area contributed by atoms with Gasteiger partial charge in [0.05, 0.1) is 25.3 Å². The van der Waals surface area contributed by atoms with Crippen molar-refractivity contribution in [2.24, 2.45) is 0 Å². The maximum absolute atomic E-state index is 14.2. The number of alkyl halides is 2. The lowest BCUT2D eigenvalue weighted by Gasteiger charge is -2.24. The molecule has 146 valence electrons. The number of likely N-dealkylation sites (tertiary alicyclic amines) is 1. The van der Waals surface area contributed by atoms with Crippen LogP contribution in [0.4, 0.5) is 8.78 Å². The maximum atomic E-state index is 14.2. The van der Waals surface area contributed by atoms with Gasteiger partial charge in [-0.3, -0.25) is 9.59 Å². The number of aromatic nitrogens is 4. The zero-order valence-electron chi connectivity index (χ0n) is 15.0. The topological polar surface area (TPSA) is 95.9 Å². The molecule has 1 aliphatic heterocycles. The zero-order chi connectivity index (χ0) is 19.9. The third-order valence-electron chi connectivity index (χ3n) is 4.86. The lowest BCUT2D eigenvalue weighted by Crippen LogP contribution is -2.39. The highest BCUT2D eigenvalue weighted by Gasteiger charge is 2.47. The number of hydrogen-bond donors (Lipinski definition) is 2. The number of rotatable bonds is 4. The van der Waals surface area contributed by atoms with Crippen molar-refractivity contribution in [3.8, 4) is 0 Å². The lowest BCUT2D eigenvalue weighted by atomic mass is 10.1. The van der Waals surface area contributed by atoms with Crippen LogP contribution in [0.5, 0.6) is 0 Å². The zero-order valence-corrected chi connectivity index (χ0v) is 15.0. The second-order valence-corrected chi connectivity index (χ2v) is 6.80. The van der Waals surface area contributed by atoms with Crippen LogP contribution < -0.4 is 5.32 Å². The number of aromatic amines is 1. The van der Waals surface area contributed by atoms with Gasteiger partial charge in [0, 0.05) is 36.1 Å². The minimum atomic E-state index is -2.99. The Hall–Kier alpha value is -3.30. The summed E-state index contributed by atoms with van der Waals surface area (Å²) in [6, 6.07) is 6.14. The minimum Gasteiger partial charge on any atom is -0.361 e. The van der Waals surface area contributed by atoms with E-state index in [9.17, 15) is 18.4 Å². The molecule has 0 bridgehead atoms. The summed E-state index contributed by atoms with van der Waals surface area (Å²) in [7, 11) is 1.46. The smallest absolute Gasteiger partial charge is 0.273 e. The Kier molecular flexibility index (Phi) is 4.33. The first-order chi connectivity index (χ1) is 13.4. The van der Waals surface area contributed by atoms with Crippen LogP contribution >= 0.6 is 0 Å². The number of fused-ring (bicyclic) bond motifs is 1. The van der Waals surface area contributed by atoms with Gasteiger partial charge in [-0.05, 0) is 18.2 Å². The van der Waals surface area contributed by atoms with Gasteiger partial charge in [-0.2, -0.15) is 0 Å². The third kappa shape index (κ3) is 3.21. The first kappa shape index (κ1) is 18.1. The molecule has 0 radical (unpaired) electrons. The molecule has 1 saturated heterocycles. The number of amides is 2. The summed E-state index contributed by atoms with van der Waals surface area (Å²) in [5.41, 5.74) is 1.22. The quantitative estimate of drug-likeness (QED) is 0.711. The standard InChI is InChI=1S/C18H18F2N6O2/c1-21-16(27)15-9-25(24-23-15)8-11-7-18(19,20)10-26(11)17(28)13-3-2-4-14-12(13)5-6-22-14/h2-6,9,11,22H,7-8,10H2,1H3,(H,21,27). The second-order valence-electron chi connectivity index (χ2n) is 6.80. The summed E-state index contributed by atoms with van der Waals surface area (Å²) in [5.74, 6) is -3.87. The van der Waals surface area contributed by atoms with E-state index in [4.69, 9.17) is 0 Å². The molecule has 3 heterocycles. The molecule has 1 fully saturated rings. The SMILES string of the molecule is CNC(=O)c1cn(CC2CC(F)(F)CN2C(=O)c2cccc3[nH]ccc23)nn1. The molecule has 1 unspecified atom stereocenters. The van der Waals surface area contributed by atoms with Gasteiger partial charge in [-0.15, -0.1) is 5.10 Å². The highest BCUT2D eigenvalue weighted by Crippen LogP contribution is 2.34. The predicted octanol–water partition coefficient (Wildman–Crippen LogP) is 1.67. The summed E-state index contributed by atoms with van der Waals surface area (Å²) >= 11 is 0. The van der Waals surface area contributed by atoms with Crippen LogP contribution in [0.3, 0.4) is 0 Å². The Morgan fingerprint density at radius 3 is 2.96 bits per heavy atom. The van der Waals surface area contributed by atoms with Crippen molar-refractivity contribution in [1.29, 1.82) is 0 Å². The van der Waals surface area contributed by atoms with E-state index in [1.165, 1.54) is 22.8 Å². The lowest BCUT2D eigenvalue weighted by molar-refractivity contribution is 0.0117. The molecule has 1 atom stereocenters. The molecule has 28 heavy (non-hydrogen) atoms. The number of nitrogens with one attached hydrogen (secondary N) is 2. The first-order valence-electron chi connectivity index (χ1n) is 8.75. The Balaban J connectivity index is 1.61. The summed E-state index contributed by atoms with van der Waals surface area (Å²) in [5, 5.41) is 10.7. The van der Waals surface area contributed by atoms with Crippen molar-refractivity contribution < 1.29 is 18.4 Å². The van der Waals surface area contributed by atoms with Crippen molar-refractivity contribution in [2.45, 2.75) is 24.9 Å². The van der Waals surface area contributed by atoms with Crippen molar-refractivity contribution in [3.05, 3.63) is 47.9 Å². The second kappa shape index (κ2) is 6.70. The van der Waals surface area contributed by atoms with Crippen LogP contribution in [-0.4, -0.2) is 62.2 Å². The number of hydrogen-bond acceptors (Lipinski definition) is 4. The molecule has 2 N–H and O–H groups in total. The van der Waals surface area contributed by atoms with Crippen molar-refractivity contribution >= 4 is 22.7 Å². The van der Waals surface area contributed by atoms with Crippen LogP contribution in [0.25, 0.3) is 10.9 Å². The van der Waals surface area contributed by atoms with Crippen molar-refractivity contribution in [1.82, 2.24) is 30.2 Å². The van der Waals surface area contributed by atoms with Gasteiger partial charge in [0.25, 0.3) is 17.7 Å². The molecule has 4 rings (SSSR count). The molecular formula is C18H18F2N6O2. The van der Waals surface area contributed by atoms with E-state index >= 15 is 0 Å². The molecule has 8 nitrogen and oxygen atoms in total. The average molecular weight is 388 g/mol. The number of H-pyrrole nitrogens is 1. The van der Waals surface area contributed by atoms with E-state index in [2.05, 4.69) is 20.6 Å². The molecule has 0 saturated carbocycles. The van der Waals surface area contributed by atoms with E-state index in [0.29, 0.717) is 10.9 Å². The minimum absolute atomic E-state index is 0.0223. The molecule has 1 aromatic carbocycles. The van der Waals surface area contributed by atoms with Gasteiger partial charge in [-0.25, -0.2) is 13.5 Å². The van der Waals surface area contributed by atoms with Gasteiger partial charge in [0.2, 0.25) is 0 Å². The maximum Gasteiger partial charge on any atom is 0.273 e. The monoisotopic (exact) mass is 388 g/mol. The molecule has 10 heteroatoms. The fourth-order valence-corrected chi connectivity index (χ4v) is 3.56. The number of carbonyl (C=O) groups excluding carboxylic acids is 2. The van der Waals surface area contributed by atoms with Crippen molar-refractivity contribution in [3.63, 3.8) is 0 Å². The van der Waals surface area contributed by atoms with Gasteiger partial charge < -0.3 is 15.2 Å². The Labute approximate surface area is 158 Å². The Bertz CT molecular complexity index is 1040. The van der Waals surface area contributed by atoms with E-state index < -0.39 is 36.7 Å². The molecule has 0 aliphatic carbocycles. The summed E-state index contributed by atoms with van der Waals surface area (Å²) < 4.78 is 29.6. The fourth-order valence-electron chi connectivity index (χ4n) is 3.56. The van der Waals surface area contributed by atoms with Crippen molar-refractivity contribution in [2.75, 3.05) is 13.6 Å². The molecule has 0 spiro atoms. The number of carbonyl (C=O) groups is 2. The Morgan fingerprint density at radius 2 is 2.18 bits per heavy atom. The van der Waals surface area contributed by atoms with Gasteiger partial charge >= 0.3 is 0 Å². The summed E-state index contributed by atoms with van der Waals surface area (Å²) in [4.78, 5) is 28.9. The van der Waals surface area contributed by atoms with E-state index in [1.54, 1.807) is 24.4 Å². The predicted molar refractivity (Wildman–Crippen MR) is 96.1 cm³/mol. The number of nitrogens with zero attached hydrogens (tertiary/aromatic N) is 4. The fraction of sp³-hybridized carbons (Fsp3) is 0.333. The highest BCUT2D eigenvalue weighted by molar-refractivity contribution is 6.06. The highest BCUT2D eigenvalue weighted by atomic mass is 19.3. The van der Waals surface area contributed by atoms with Crippen LogP contribution in [0, 0.1) is 0 Å². The first-order valence-corrected chi connectivity index (χ1v) is 8.75. The molecule has 1 aliphatic rings. The van der Waals surface area contributed by atoms with Crippen LogP contribution in [0.1, 0.15) is 27.3 Å². The number of halogens is 2. The molecular weight excluding hydrogens is 370 g/mol. The van der Waals surface area contributed by atoms with E-state index in [1.807, 2.05) is 6.07 Å². The average Bonchev–Trinajstić information content (AvgIpc) is 3.38. The molecule has 2 aromatic heterocycles. The van der Waals surface area contributed by atoms with E-state index in [0.717, 1.165) is 5.52 Å². The summed E-state index contributed by atoms with van der Waals surface area (Å²) in [6.07, 6.45) is 2.61. The van der Waals surface area contributed by atoms with Crippen LogP contribution in [-0.2, 0) is 6.54 Å². The van der Waals surface area contributed by atoms with Gasteiger partial charge in [0.1, 0.15) is 0 Å².